The van der Waals surface area contributed by atoms with Crippen molar-refractivity contribution < 1.29 is 5.11 Å². The van der Waals surface area contributed by atoms with Gasteiger partial charge >= 0.3 is 0 Å². The van der Waals surface area contributed by atoms with Gasteiger partial charge < -0.3 is 15.7 Å². The molecule has 0 amide bonds. The molecule has 106 valence electrons. The van der Waals surface area contributed by atoms with Gasteiger partial charge in [0.2, 0.25) is 0 Å². The normalized spacial score (nSPS) is 15.9. The van der Waals surface area contributed by atoms with Gasteiger partial charge in [-0.3, -0.25) is 0 Å². The SMILES string of the molecule is CCCc1c(N)ncnc1N(CCO)C1CCCC1. The maximum atomic E-state index is 9.33. The minimum Gasteiger partial charge on any atom is -0.395 e. The van der Waals surface area contributed by atoms with Gasteiger partial charge in [0.05, 0.1) is 6.61 Å². The predicted molar refractivity (Wildman–Crippen MR) is 77.1 cm³/mol. The molecule has 5 nitrogen and oxygen atoms in total. The van der Waals surface area contributed by atoms with Gasteiger partial charge in [-0.15, -0.1) is 0 Å². The summed E-state index contributed by atoms with van der Waals surface area (Å²) in [7, 11) is 0. The Hall–Kier alpha value is -1.36. The lowest BCUT2D eigenvalue weighted by molar-refractivity contribution is 0.296. The highest BCUT2D eigenvalue weighted by Crippen LogP contribution is 2.30. The first-order valence-electron chi connectivity index (χ1n) is 7.24. The number of hydrogen-bond donors (Lipinski definition) is 2. The zero-order valence-electron chi connectivity index (χ0n) is 11.7. The average molecular weight is 264 g/mol. The summed E-state index contributed by atoms with van der Waals surface area (Å²) in [6.45, 7) is 2.89. The third kappa shape index (κ3) is 3.15. The second-order valence-electron chi connectivity index (χ2n) is 5.17. The van der Waals surface area contributed by atoms with Gasteiger partial charge in [0, 0.05) is 18.2 Å². The average Bonchev–Trinajstić information content (AvgIpc) is 2.92. The summed E-state index contributed by atoms with van der Waals surface area (Å²) in [6.07, 6.45) is 8.31. The quantitative estimate of drug-likeness (QED) is 0.818. The van der Waals surface area contributed by atoms with Gasteiger partial charge in [0.25, 0.3) is 0 Å². The fourth-order valence-electron chi connectivity index (χ4n) is 2.94. The van der Waals surface area contributed by atoms with Crippen molar-refractivity contribution in [3.05, 3.63) is 11.9 Å². The van der Waals surface area contributed by atoms with Crippen LogP contribution in [0.25, 0.3) is 0 Å². The van der Waals surface area contributed by atoms with Crippen LogP contribution in [0.1, 0.15) is 44.6 Å². The second-order valence-corrected chi connectivity index (χ2v) is 5.17. The smallest absolute Gasteiger partial charge is 0.137 e. The molecule has 19 heavy (non-hydrogen) atoms. The van der Waals surface area contributed by atoms with E-state index in [0.29, 0.717) is 18.4 Å². The maximum Gasteiger partial charge on any atom is 0.137 e. The molecular formula is C14H24N4O. The van der Waals surface area contributed by atoms with Crippen LogP contribution < -0.4 is 10.6 Å². The van der Waals surface area contributed by atoms with E-state index >= 15 is 0 Å². The highest BCUT2D eigenvalue weighted by atomic mass is 16.3. The van der Waals surface area contributed by atoms with Gasteiger partial charge in [0.15, 0.2) is 0 Å². The lowest BCUT2D eigenvalue weighted by Crippen LogP contribution is -2.37. The third-order valence-corrected chi connectivity index (χ3v) is 3.83. The van der Waals surface area contributed by atoms with Crippen LogP contribution in [-0.4, -0.2) is 34.3 Å². The molecule has 0 unspecified atom stereocenters. The Labute approximate surface area is 114 Å². The van der Waals surface area contributed by atoms with Crippen molar-refractivity contribution in [1.29, 1.82) is 0 Å². The van der Waals surface area contributed by atoms with E-state index in [1.165, 1.54) is 32.0 Å². The van der Waals surface area contributed by atoms with Crippen molar-refractivity contribution in [3.63, 3.8) is 0 Å². The minimum atomic E-state index is 0.145. The topological polar surface area (TPSA) is 75.3 Å². The molecule has 1 heterocycles. The summed E-state index contributed by atoms with van der Waals surface area (Å²) in [5.41, 5.74) is 7.03. The number of nitrogens with two attached hydrogens (primary N) is 1. The summed E-state index contributed by atoms with van der Waals surface area (Å²) in [5.74, 6) is 1.50. The predicted octanol–water partition coefficient (Wildman–Crippen LogP) is 1.75. The lowest BCUT2D eigenvalue weighted by Gasteiger charge is -2.31. The summed E-state index contributed by atoms with van der Waals surface area (Å²) in [5, 5.41) is 9.33. The highest BCUT2D eigenvalue weighted by Gasteiger charge is 2.25. The van der Waals surface area contributed by atoms with Crippen LogP contribution in [0.4, 0.5) is 11.6 Å². The Balaban J connectivity index is 2.31. The number of aliphatic hydroxyl groups is 1. The summed E-state index contributed by atoms with van der Waals surface area (Å²) in [6, 6.07) is 0.483. The van der Waals surface area contributed by atoms with E-state index < -0.39 is 0 Å². The molecule has 0 radical (unpaired) electrons. The summed E-state index contributed by atoms with van der Waals surface area (Å²) >= 11 is 0. The number of nitrogens with zero attached hydrogens (tertiary/aromatic N) is 3. The maximum absolute atomic E-state index is 9.33. The van der Waals surface area contributed by atoms with Crippen LogP contribution in [0.3, 0.4) is 0 Å². The number of rotatable bonds is 6. The molecule has 1 aliphatic carbocycles. The molecule has 1 fully saturated rings. The van der Waals surface area contributed by atoms with E-state index in [9.17, 15) is 5.11 Å². The first kappa shape index (κ1) is 14.1. The van der Waals surface area contributed by atoms with E-state index in [-0.39, 0.29) is 6.61 Å². The van der Waals surface area contributed by atoms with Crippen LogP contribution in [-0.2, 0) is 6.42 Å². The molecular weight excluding hydrogens is 240 g/mol. The number of aliphatic hydroxyl groups excluding tert-OH is 1. The van der Waals surface area contributed by atoms with Crippen LogP contribution in [0.5, 0.6) is 0 Å². The van der Waals surface area contributed by atoms with Gasteiger partial charge in [0.1, 0.15) is 18.0 Å². The first-order chi connectivity index (χ1) is 9.27. The molecule has 0 bridgehead atoms. The molecule has 3 N–H and O–H groups in total. The van der Waals surface area contributed by atoms with Crippen LogP contribution in [0, 0.1) is 0 Å². The van der Waals surface area contributed by atoms with Gasteiger partial charge in [-0.25, -0.2) is 9.97 Å². The molecule has 2 rings (SSSR count). The van der Waals surface area contributed by atoms with E-state index in [1.54, 1.807) is 0 Å². The Kier molecular flexibility index (Phi) is 4.96. The molecule has 1 aromatic rings. The Morgan fingerprint density at radius 1 is 1.37 bits per heavy atom. The number of hydrogen-bond acceptors (Lipinski definition) is 5. The van der Waals surface area contributed by atoms with Crippen molar-refractivity contribution in [1.82, 2.24) is 9.97 Å². The molecule has 0 aliphatic heterocycles. The molecule has 1 aromatic heterocycles. The Morgan fingerprint density at radius 3 is 2.74 bits per heavy atom. The number of nitrogen functional groups attached to an aromatic ring is 1. The van der Waals surface area contributed by atoms with Crippen LogP contribution >= 0.6 is 0 Å². The highest BCUT2D eigenvalue weighted by molar-refractivity contribution is 5.57. The zero-order chi connectivity index (χ0) is 13.7. The first-order valence-corrected chi connectivity index (χ1v) is 7.24. The van der Waals surface area contributed by atoms with Gasteiger partial charge in [-0.05, 0) is 19.3 Å². The molecule has 0 aromatic carbocycles. The second kappa shape index (κ2) is 6.70. The molecule has 1 saturated carbocycles. The Morgan fingerprint density at radius 2 is 2.11 bits per heavy atom. The van der Waals surface area contributed by atoms with Crippen molar-refractivity contribution in [2.24, 2.45) is 0 Å². The van der Waals surface area contributed by atoms with Crippen molar-refractivity contribution >= 4 is 11.6 Å². The zero-order valence-corrected chi connectivity index (χ0v) is 11.7. The van der Waals surface area contributed by atoms with Crippen molar-refractivity contribution in [2.75, 3.05) is 23.8 Å². The van der Waals surface area contributed by atoms with Gasteiger partial charge in [-0.1, -0.05) is 26.2 Å². The van der Waals surface area contributed by atoms with E-state index in [2.05, 4.69) is 21.8 Å². The van der Waals surface area contributed by atoms with Crippen LogP contribution in [0.15, 0.2) is 6.33 Å². The van der Waals surface area contributed by atoms with Crippen molar-refractivity contribution in [3.8, 4) is 0 Å². The van der Waals surface area contributed by atoms with E-state index in [0.717, 1.165) is 24.2 Å². The van der Waals surface area contributed by atoms with E-state index in [1.807, 2.05) is 0 Å². The summed E-state index contributed by atoms with van der Waals surface area (Å²) < 4.78 is 0. The lowest BCUT2D eigenvalue weighted by atomic mass is 10.1. The number of aromatic nitrogens is 2. The molecule has 0 saturated heterocycles. The monoisotopic (exact) mass is 264 g/mol. The minimum absolute atomic E-state index is 0.145. The van der Waals surface area contributed by atoms with Crippen LogP contribution in [0.2, 0.25) is 0 Å². The third-order valence-electron chi connectivity index (χ3n) is 3.83. The molecule has 0 spiro atoms. The van der Waals surface area contributed by atoms with Gasteiger partial charge in [-0.2, -0.15) is 0 Å². The molecule has 0 atom stereocenters. The molecule has 1 aliphatic rings. The van der Waals surface area contributed by atoms with Crippen molar-refractivity contribution in [2.45, 2.75) is 51.5 Å². The fraction of sp³-hybridized carbons (Fsp3) is 0.714. The summed E-state index contributed by atoms with van der Waals surface area (Å²) in [4.78, 5) is 10.8. The van der Waals surface area contributed by atoms with E-state index in [4.69, 9.17) is 5.73 Å². The fourth-order valence-corrected chi connectivity index (χ4v) is 2.94. The Bertz CT molecular complexity index is 404. The standard InChI is InChI=1S/C14H24N4O/c1-2-5-12-13(15)16-10-17-14(12)18(8-9-19)11-6-3-4-7-11/h10-11,19H,2-9H2,1H3,(H2,15,16,17). The number of anilines is 2. The largest absolute Gasteiger partial charge is 0.395 e. The molecule has 5 heteroatoms.